The maximum absolute atomic E-state index is 8.96. The van der Waals surface area contributed by atoms with Gasteiger partial charge in [-0.2, -0.15) is 5.26 Å². The molecular weight excluding hydrogens is 240 g/mol. The highest BCUT2D eigenvalue weighted by atomic mass is 16.5. The average molecular weight is 256 g/mol. The van der Waals surface area contributed by atoms with Gasteiger partial charge in [0.05, 0.1) is 12.3 Å². The molecule has 2 aromatic rings. The molecule has 1 aromatic carbocycles. The molecule has 1 aromatic heterocycles. The second-order valence-corrected chi connectivity index (χ2v) is 4.08. The van der Waals surface area contributed by atoms with E-state index in [1.54, 1.807) is 4.68 Å². The third-order valence-electron chi connectivity index (χ3n) is 2.81. The second kappa shape index (κ2) is 6.55. The Morgan fingerprint density at radius 1 is 1.32 bits per heavy atom. The number of aryl methyl sites for hydroxylation is 1. The molecule has 0 unspecified atom stereocenters. The van der Waals surface area contributed by atoms with Gasteiger partial charge in [0.2, 0.25) is 0 Å². The summed E-state index contributed by atoms with van der Waals surface area (Å²) < 4.78 is 7.38. The maximum atomic E-state index is 8.96. The fourth-order valence-electron chi connectivity index (χ4n) is 1.87. The van der Waals surface area contributed by atoms with E-state index in [-0.39, 0.29) is 0 Å². The lowest BCUT2D eigenvalue weighted by atomic mass is 10.2. The van der Waals surface area contributed by atoms with Crippen LogP contribution in [0.4, 0.5) is 0 Å². The average Bonchev–Trinajstić information content (AvgIpc) is 2.86. The second-order valence-electron chi connectivity index (χ2n) is 4.08. The molecule has 0 atom stereocenters. The van der Waals surface area contributed by atoms with E-state index in [0.717, 1.165) is 30.8 Å². The molecule has 19 heavy (non-hydrogen) atoms. The zero-order chi connectivity index (χ0) is 13.5. The molecular formula is C14H16N4O. The molecule has 0 radical (unpaired) electrons. The minimum absolute atomic E-state index is 0.418. The summed E-state index contributed by atoms with van der Waals surface area (Å²) in [5.41, 5.74) is 1.31. The fraction of sp³-hybridized carbons (Fsp3) is 0.357. The molecule has 5 heteroatoms. The lowest BCUT2D eigenvalue weighted by molar-refractivity contribution is 0.309. The summed E-state index contributed by atoms with van der Waals surface area (Å²) in [7, 11) is 0. The van der Waals surface area contributed by atoms with Gasteiger partial charge in [-0.25, -0.2) is 4.68 Å². The van der Waals surface area contributed by atoms with Crippen LogP contribution in [0.5, 0.6) is 5.75 Å². The monoisotopic (exact) mass is 256 g/mol. The maximum Gasteiger partial charge on any atom is 0.185 e. The summed E-state index contributed by atoms with van der Waals surface area (Å²) in [6.45, 7) is 3.33. The van der Waals surface area contributed by atoms with Gasteiger partial charge in [0, 0.05) is 6.54 Å². The highest BCUT2D eigenvalue weighted by molar-refractivity contribution is 5.24. The molecule has 0 aliphatic carbocycles. The van der Waals surface area contributed by atoms with Crippen molar-refractivity contribution in [3.8, 4) is 11.8 Å². The molecule has 0 saturated carbocycles. The first kappa shape index (κ1) is 13.1. The highest BCUT2D eigenvalue weighted by Gasteiger charge is 2.10. The molecule has 0 saturated heterocycles. The van der Waals surface area contributed by atoms with E-state index in [1.807, 2.05) is 37.3 Å². The zero-order valence-electron chi connectivity index (χ0n) is 10.9. The predicted octanol–water partition coefficient (Wildman–Crippen LogP) is 2.18. The number of hydrogen-bond acceptors (Lipinski definition) is 4. The Bertz CT molecular complexity index is 557. The van der Waals surface area contributed by atoms with E-state index in [9.17, 15) is 0 Å². The summed E-state index contributed by atoms with van der Waals surface area (Å²) in [5.74, 6) is 0.866. The van der Waals surface area contributed by atoms with Crippen LogP contribution >= 0.6 is 0 Å². The van der Waals surface area contributed by atoms with Crippen LogP contribution in [0.25, 0.3) is 0 Å². The standard InChI is InChI=1S/C14H16N4O/c1-2-18-14(13(11-15)16-17-18)9-6-10-19-12-7-4-3-5-8-12/h3-5,7-8H,2,6,9-10H2,1H3. The van der Waals surface area contributed by atoms with Gasteiger partial charge in [-0.1, -0.05) is 23.4 Å². The number of benzene rings is 1. The number of ether oxygens (including phenoxy) is 1. The molecule has 0 fully saturated rings. The lowest BCUT2D eigenvalue weighted by Crippen LogP contribution is -2.06. The van der Waals surface area contributed by atoms with Gasteiger partial charge in [-0.05, 0) is 31.9 Å². The van der Waals surface area contributed by atoms with Crippen molar-refractivity contribution in [2.24, 2.45) is 0 Å². The minimum Gasteiger partial charge on any atom is -0.494 e. The van der Waals surface area contributed by atoms with E-state index >= 15 is 0 Å². The molecule has 0 bridgehead atoms. The van der Waals surface area contributed by atoms with Crippen molar-refractivity contribution in [3.63, 3.8) is 0 Å². The Balaban J connectivity index is 1.86. The SMILES string of the molecule is CCn1nnc(C#N)c1CCCOc1ccccc1. The van der Waals surface area contributed by atoms with Crippen molar-refractivity contribution in [1.29, 1.82) is 5.26 Å². The number of rotatable bonds is 6. The van der Waals surface area contributed by atoms with Crippen LogP contribution in [0.3, 0.4) is 0 Å². The third kappa shape index (κ3) is 3.32. The van der Waals surface area contributed by atoms with E-state index < -0.39 is 0 Å². The van der Waals surface area contributed by atoms with E-state index in [2.05, 4.69) is 16.4 Å². The van der Waals surface area contributed by atoms with Crippen molar-refractivity contribution >= 4 is 0 Å². The van der Waals surface area contributed by atoms with Gasteiger partial charge < -0.3 is 4.74 Å². The lowest BCUT2D eigenvalue weighted by Gasteiger charge is -2.06. The van der Waals surface area contributed by atoms with Crippen molar-refractivity contribution in [2.45, 2.75) is 26.3 Å². The van der Waals surface area contributed by atoms with Crippen molar-refractivity contribution in [2.75, 3.05) is 6.61 Å². The largest absolute Gasteiger partial charge is 0.494 e. The first-order chi connectivity index (χ1) is 9.35. The molecule has 0 amide bonds. The number of aromatic nitrogens is 3. The van der Waals surface area contributed by atoms with Crippen LogP contribution in [-0.4, -0.2) is 21.6 Å². The van der Waals surface area contributed by atoms with Crippen LogP contribution in [0.15, 0.2) is 30.3 Å². The highest BCUT2D eigenvalue weighted by Crippen LogP contribution is 2.11. The molecule has 98 valence electrons. The zero-order valence-corrected chi connectivity index (χ0v) is 10.9. The Morgan fingerprint density at radius 3 is 2.79 bits per heavy atom. The first-order valence-electron chi connectivity index (χ1n) is 6.35. The summed E-state index contributed by atoms with van der Waals surface area (Å²) in [5, 5.41) is 16.8. The van der Waals surface area contributed by atoms with Crippen molar-refractivity contribution in [3.05, 3.63) is 41.7 Å². The van der Waals surface area contributed by atoms with Gasteiger partial charge in [-0.3, -0.25) is 0 Å². The summed E-state index contributed by atoms with van der Waals surface area (Å²) in [6, 6.07) is 11.8. The van der Waals surface area contributed by atoms with Gasteiger partial charge >= 0.3 is 0 Å². The quantitative estimate of drug-likeness (QED) is 0.743. The van der Waals surface area contributed by atoms with E-state index in [1.165, 1.54) is 0 Å². The Morgan fingerprint density at radius 2 is 2.11 bits per heavy atom. The molecule has 2 rings (SSSR count). The molecule has 0 aliphatic rings. The van der Waals surface area contributed by atoms with Crippen LogP contribution < -0.4 is 4.74 Å². The van der Waals surface area contributed by atoms with Crippen LogP contribution in [0.1, 0.15) is 24.7 Å². The van der Waals surface area contributed by atoms with Gasteiger partial charge in [0.15, 0.2) is 5.69 Å². The van der Waals surface area contributed by atoms with Gasteiger partial charge in [0.25, 0.3) is 0 Å². The Labute approximate surface area is 112 Å². The molecule has 1 heterocycles. The van der Waals surface area contributed by atoms with Crippen LogP contribution in [0, 0.1) is 11.3 Å². The minimum atomic E-state index is 0.418. The van der Waals surface area contributed by atoms with Gasteiger partial charge in [0.1, 0.15) is 11.8 Å². The smallest absolute Gasteiger partial charge is 0.185 e. The third-order valence-corrected chi connectivity index (χ3v) is 2.81. The number of hydrogen-bond donors (Lipinski definition) is 0. The van der Waals surface area contributed by atoms with Crippen LogP contribution in [-0.2, 0) is 13.0 Å². The van der Waals surface area contributed by atoms with Crippen molar-refractivity contribution in [1.82, 2.24) is 15.0 Å². The van der Waals surface area contributed by atoms with E-state index in [0.29, 0.717) is 12.3 Å². The van der Waals surface area contributed by atoms with E-state index in [4.69, 9.17) is 10.00 Å². The number of para-hydroxylation sites is 1. The molecule has 5 nitrogen and oxygen atoms in total. The summed E-state index contributed by atoms with van der Waals surface area (Å²) in [6.07, 6.45) is 1.58. The van der Waals surface area contributed by atoms with Crippen molar-refractivity contribution < 1.29 is 4.74 Å². The molecule has 0 N–H and O–H groups in total. The predicted molar refractivity (Wildman–Crippen MR) is 70.7 cm³/mol. The first-order valence-corrected chi connectivity index (χ1v) is 6.35. The topological polar surface area (TPSA) is 63.7 Å². The number of nitrogens with zero attached hydrogens (tertiary/aromatic N) is 4. The normalized spacial score (nSPS) is 10.1. The molecule has 0 spiro atoms. The summed E-state index contributed by atoms with van der Waals surface area (Å²) in [4.78, 5) is 0. The van der Waals surface area contributed by atoms with Gasteiger partial charge in [-0.15, -0.1) is 5.10 Å². The molecule has 0 aliphatic heterocycles. The Kier molecular flexibility index (Phi) is 4.51. The fourth-order valence-corrected chi connectivity index (χ4v) is 1.87. The Hall–Kier alpha value is -2.35. The van der Waals surface area contributed by atoms with Crippen LogP contribution in [0.2, 0.25) is 0 Å². The summed E-state index contributed by atoms with van der Waals surface area (Å²) >= 11 is 0. The number of nitriles is 1.